The number of nitrogens with one attached hydrogen (secondary N) is 1. The first-order chi connectivity index (χ1) is 13.1. The molecule has 162 valence electrons. The van der Waals surface area contributed by atoms with Gasteiger partial charge < -0.3 is 15.0 Å². The zero-order chi connectivity index (χ0) is 19.6. The first-order valence-electron chi connectivity index (χ1n) is 10.3. The fraction of sp³-hybridized carbons (Fsp3) is 0.800. The van der Waals surface area contributed by atoms with Crippen LogP contribution in [0.4, 0.5) is 0 Å². The van der Waals surface area contributed by atoms with Crippen LogP contribution in [0.15, 0.2) is 10.4 Å². The van der Waals surface area contributed by atoms with E-state index in [4.69, 9.17) is 9.73 Å². The van der Waals surface area contributed by atoms with Gasteiger partial charge in [-0.05, 0) is 19.8 Å². The van der Waals surface area contributed by atoms with Crippen LogP contribution in [0.1, 0.15) is 44.3 Å². The first-order valence-corrected chi connectivity index (χ1v) is 11.2. The lowest BCUT2D eigenvalue weighted by Crippen LogP contribution is -2.49. The summed E-state index contributed by atoms with van der Waals surface area (Å²) in [7, 11) is 2.09. The molecule has 2 rings (SSSR count). The van der Waals surface area contributed by atoms with Crippen molar-refractivity contribution in [3.8, 4) is 0 Å². The lowest BCUT2D eigenvalue weighted by molar-refractivity contribution is 0.00391. The number of nitrogens with zero attached hydrogens (tertiary/aromatic N) is 4. The normalized spacial score (nSPS) is 16.7. The number of morpholine rings is 1. The van der Waals surface area contributed by atoms with Gasteiger partial charge >= 0.3 is 0 Å². The van der Waals surface area contributed by atoms with E-state index in [1.165, 1.54) is 12.8 Å². The topological polar surface area (TPSA) is 53.0 Å². The highest BCUT2D eigenvalue weighted by atomic mass is 127. The number of thiazole rings is 1. The molecule has 0 bridgehead atoms. The van der Waals surface area contributed by atoms with Gasteiger partial charge in [0.1, 0.15) is 0 Å². The minimum Gasteiger partial charge on any atom is -0.379 e. The molecule has 0 aromatic carbocycles. The molecule has 1 N–H and O–H groups in total. The van der Waals surface area contributed by atoms with Crippen molar-refractivity contribution in [1.82, 2.24) is 20.1 Å². The summed E-state index contributed by atoms with van der Waals surface area (Å²) >= 11 is 1.70. The Bertz CT molecular complexity index is 573. The number of rotatable bonds is 9. The predicted octanol–water partition coefficient (Wildman–Crippen LogP) is 3.60. The molecule has 0 aliphatic carbocycles. The van der Waals surface area contributed by atoms with Crippen LogP contribution in [-0.2, 0) is 11.3 Å². The molecule has 1 aliphatic rings. The maximum Gasteiger partial charge on any atom is 0.194 e. The smallest absolute Gasteiger partial charge is 0.194 e. The fourth-order valence-corrected chi connectivity index (χ4v) is 4.36. The highest BCUT2D eigenvalue weighted by Crippen LogP contribution is 2.20. The molecule has 1 fully saturated rings. The van der Waals surface area contributed by atoms with Gasteiger partial charge in [0.15, 0.2) is 5.96 Å². The van der Waals surface area contributed by atoms with Crippen molar-refractivity contribution in [2.75, 3.05) is 46.4 Å². The molecule has 6 nitrogen and oxygen atoms in total. The summed E-state index contributed by atoms with van der Waals surface area (Å²) in [5, 5.41) is 6.70. The lowest BCUT2D eigenvalue weighted by atomic mass is 9.92. The molecule has 1 aromatic rings. The van der Waals surface area contributed by atoms with Gasteiger partial charge in [0.25, 0.3) is 0 Å². The number of guanidine groups is 1. The quantitative estimate of drug-likeness (QED) is 0.305. The average molecular weight is 524 g/mol. The standard InChI is InChI=1S/C20H37N5OS.HI/c1-6-17(7-2)19(25-9-11-26-12-10-25)13-22-20(21-8-3)24(5)14-18-15-27-16(4)23-18;/h15,17,19H,6-14H2,1-5H3,(H,21,22);1H. The van der Waals surface area contributed by atoms with E-state index in [1.54, 1.807) is 11.3 Å². The van der Waals surface area contributed by atoms with Crippen LogP contribution in [0.3, 0.4) is 0 Å². The summed E-state index contributed by atoms with van der Waals surface area (Å²) in [6, 6.07) is 0.479. The van der Waals surface area contributed by atoms with Crippen molar-refractivity contribution in [3.05, 3.63) is 16.1 Å². The average Bonchev–Trinajstić information content (AvgIpc) is 3.09. The Labute approximate surface area is 192 Å². The number of halogens is 1. The Morgan fingerprint density at radius 1 is 1.32 bits per heavy atom. The third kappa shape index (κ3) is 7.76. The molecule has 0 amide bonds. The largest absolute Gasteiger partial charge is 0.379 e. The fourth-order valence-electron chi connectivity index (χ4n) is 3.75. The van der Waals surface area contributed by atoms with Gasteiger partial charge in [-0.15, -0.1) is 35.3 Å². The van der Waals surface area contributed by atoms with Crippen LogP contribution in [0, 0.1) is 12.8 Å². The third-order valence-corrected chi connectivity index (χ3v) is 6.12. The lowest BCUT2D eigenvalue weighted by Gasteiger charge is -2.38. The summed E-state index contributed by atoms with van der Waals surface area (Å²) in [4.78, 5) is 14.4. The summed E-state index contributed by atoms with van der Waals surface area (Å²) in [6.07, 6.45) is 2.39. The summed E-state index contributed by atoms with van der Waals surface area (Å²) in [5.74, 6) is 1.63. The van der Waals surface area contributed by atoms with E-state index in [0.717, 1.165) is 62.6 Å². The van der Waals surface area contributed by atoms with Crippen molar-refractivity contribution >= 4 is 41.3 Å². The molecule has 1 aliphatic heterocycles. The maximum absolute atomic E-state index is 5.56. The molecule has 8 heteroatoms. The van der Waals surface area contributed by atoms with Gasteiger partial charge in [-0.3, -0.25) is 9.89 Å². The van der Waals surface area contributed by atoms with Crippen molar-refractivity contribution in [2.24, 2.45) is 10.9 Å². The first kappa shape index (κ1) is 25.6. The van der Waals surface area contributed by atoms with Crippen molar-refractivity contribution in [1.29, 1.82) is 0 Å². The highest BCUT2D eigenvalue weighted by Gasteiger charge is 2.27. The number of hydrogen-bond acceptors (Lipinski definition) is 5. The monoisotopic (exact) mass is 523 g/mol. The van der Waals surface area contributed by atoms with Crippen LogP contribution in [-0.4, -0.2) is 73.2 Å². The van der Waals surface area contributed by atoms with Gasteiger partial charge in [0, 0.05) is 38.1 Å². The SMILES string of the molecule is CCNC(=NCC(C(CC)CC)N1CCOCC1)N(C)Cc1csc(C)n1.I. The van der Waals surface area contributed by atoms with E-state index in [2.05, 4.69) is 60.2 Å². The summed E-state index contributed by atoms with van der Waals surface area (Å²) < 4.78 is 5.56. The second-order valence-corrected chi connectivity index (χ2v) is 8.26. The molecule has 0 spiro atoms. The van der Waals surface area contributed by atoms with E-state index in [9.17, 15) is 0 Å². The van der Waals surface area contributed by atoms with Crippen LogP contribution in [0.25, 0.3) is 0 Å². The zero-order valence-corrected chi connectivity index (χ0v) is 21.3. The molecule has 2 heterocycles. The highest BCUT2D eigenvalue weighted by molar-refractivity contribution is 14.0. The molecule has 1 unspecified atom stereocenters. The van der Waals surface area contributed by atoms with Crippen molar-refractivity contribution < 1.29 is 4.74 Å². The number of aliphatic imine (C=N–C) groups is 1. The summed E-state index contributed by atoms with van der Waals surface area (Å²) in [6.45, 7) is 15.0. The van der Waals surface area contributed by atoms with E-state index in [-0.39, 0.29) is 24.0 Å². The van der Waals surface area contributed by atoms with E-state index >= 15 is 0 Å². The molecule has 1 aromatic heterocycles. The number of aromatic nitrogens is 1. The van der Waals surface area contributed by atoms with E-state index in [1.807, 2.05) is 0 Å². The molecule has 1 saturated heterocycles. The van der Waals surface area contributed by atoms with Crippen LogP contribution >= 0.6 is 35.3 Å². The Hall–Kier alpha value is -0.450. The third-order valence-electron chi connectivity index (χ3n) is 5.30. The molecule has 0 radical (unpaired) electrons. The molecule has 0 saturated carbocycles. The second-order valence-electron chi connectivity index (χ2n) is 7.20. The number of aryl methyl sites for hydroxylation is 1. The Morgan fingerprint density at radius 3 is 2.54 bits per heavy atom. The molecule has 28 heavy (non-hydrogen) atoms. The van der Waals surface area contributed by atoms with Gasteiger partial charge in [0.2, 0.25) is 0 Å². The van der Waals surface area contributed by atoms with E-state index in [0.29, 0.717) is 12.0 Å². The maximum atomic E-state index is 5.56. The Balaban J connectivity index is 0.00000392. The Kier molecular flexibility index (Phi) is 12.5. The Morgan fingerprint density at radius 2 is 2.00 bits per heavy atom. The van der Waals surface area contributed by atoms with Crippen molar-refractivity contribution in [3.63, 3.8) is 0 Å². The minimum atomic E-state index is 0. The van der Waals surface area contributed by atoms with Crippen LogP contribution in [0.2, 0.25) is 0 Å². The molecular weight excluding hydrogens is 485 g/mol. The number of hydrogen-bond donors (Lipinski definition) is 1. The minimum absolute atomic E-state index is 0. The van der Waals surface area contributed by atoms with E-state index < -0.39 is 0 Å². The summed E-state index contributed by atoms with van der Waals surface area (Å²) in [5.41, 5.74) is 1.11. The van der Waals surface area contributed by atoms with Crippen LogP contribution < -0.4 is 5.32 Å². The van der Waals surface area contributed by atoms with Gasteiger partial charge in [-0.2, -0.15) is 0 Å². The van der Waals surface area contributed by atoms with Gasteiger partial charge in [0.05, 0.1) is 37.0 Å². The van der Waals surface area contributed by atoms with Gasteiger partial charge in [-0.1, -0.05) is 26.7 Å². The van der Waals surface area contributed by atoms with Gasteiger partial charge in [-0.25, -0.2) is 4.98 Å². The van der Waals surface area contributed by atoms with Crippen LogP contribution in [0.5, 0.6) is 0 Å². The molecule has 1 atom stereocenters. The molecular formula is C20H38IN5OS. The predicted molar refractivity (Wildman–Crippen MR) is 130 cm³/mol. The van der Waals surface area contributed by atoms with Crippen molar-refractivity contribution in [2.45, 2.75) is 53.1 Å². The number of ether oxygens (including phenoxy) is 1. The second kappa shape index (κ2) is 13.7. The zero-order valence-electron chi connectivity index (χ0n) is 18.1.